The first-order chi connectivity index (χ1) is 6.56. The molecule has 0 N–H and O–H groups in total. The highest BCUT2D eigenvalue weighted by Crippen LogP contribution is 2.24. The monoisotopic (exact) mass is 260 g/mol. The molecule has 0 amide bonds. The Bertz CT molecular complexity index is 352. The summed E-state index contributed by atoms with van der Waals surface area (Å²) in [4.78, 5) is 11.1. The minimum Gasteiger partial charge on any atom is -0.369 e. The fourth-order valence-electron chi connectivity index (χ4n) is 1.23. The average Bonchev–Trinajstić information content (AvgIpc) is 2.11. The van der Waals surface area contributed by atoms with Crippen LogP contribution in [-0.4, -0.2) is 12.9 Å². The molecule has 0 aliphatic carbocycles. The van der Waals surface area contributed by atoms with E-state index in [1.165, 1.54) is 20.1 Å². The third-order valence-electron chi connectivity index (χ3n) is 1.85. The molecule has 0 radical (unpaired) electrons. The summed E-state index contributed by atoms with van der Waals surface area (Å²) in [6.45, 7) is 1.37. The molecular weight excluding hydrogens is 251 g/mol. The van der Waals surface area contributed by atoms with Crippen LogP contribution in [0, 0.1) is 5.82 Å². The molecule has 1 atom stereocenters. The van der Waals surface area contributed by atoms with E-state index < -0.39 is 11.9 Å². The Morgan fingerprint density at radius 3 is 2.71 bits per heavy atom. The second-order valence-electron chi connectivity index (χ2n) is 2.89. The van der Waals surface area contributed by atoms with E-state index in [1.807, 2.05) is 0 Å². The first-order valence-electron chi connectivity index (χ1n) is 4.04. The Morgan fingerprint density at radius 1 is 1.57 bits per heavy atom. The lowest BCUT2D eigenvalue weighted by Gasteiger charge is -2.13. The van der Waals surface area contributed by atoms with Gasteiger partial charge in [0, 0.05) is 17.1 Å². The summed E-state index contributed by atoms with van der Waals surface area (Å²) in [5.74, 6) is -0.653. The van der Waals surface area contributed by atoms with Crippen LogP contribution in [0.1, 0.15) is 18.6 Å². The molecule has 4 heteroatoms. The fraction of sp³-hybridized carbons (Fsp3) is 0.300. The van der Waals surface area contributed by atoms with E-state index in [9.17, 15) is 9.18 Å². The maximum atomic E-state index is 13.3. The van der Waals surface area contributed by atoms with E-state index >= 15 is 0 Å². The lowest BCUT2D eigenvalue weighted by atomic mass is 10.1. The molecule has 0 aromatic heterocycles. The third-order valence-corrected chi connectivity index (χ3v) is 2.34. The van der Waals surface area contributed by atoms with Gasteiger partial charge in [0.1, 0.15) is 11.9 Å². The Kier molecular flexibility index (Phi) is 3.77. The Balaban J connectivity index is 3.15. The molecular formula is C10H10BrFO2. The Labute approximate surface area is 90.2 Å². The topological polar surface area (TPSA) is 26.3 Å². The Hall–Kier alpha value is -0.740. The van der Waals surface area contributed by atoms with Crippen LogP contribution >= 0.6 is 15.9 Å². The van der Waals surface area contributed by atoms with Crippen LogP contribution < -0.4 is 0 Å². The van der Waals surface area contributed by atoms with E-state index in [0.29, 0.717) is 0 Å². The number of hydrogen-bond donors (Lipinski definition) is 0. The number of rotatable bonds is 3. The molecule has 0 bridgehead atoms. The van der Waals surface area contributed by atoms with Gasteiger partial charge in [-0.3, -0.25) is 4.79 Å². The summed E-state index contributed by atoms with van der Waals surface area (Å²) >= 11 is 3.21. The van der Waals surface area contributed by atoms with Crippen LogP contribution in [0.4, 0.5) is 4.39 Å². The van der Waals surface area contributed by atoms with Gasteiger partial charge < -0.3 is 4.74 Å². The fourth-order valence-corrected chi connectivity index (χ4v) is 1.61. The highest BCUT2D eigenvalue weighted by atomic mass is 79.9. The molecule has 76 valence electrons. The molecule has 0 saturated carbocycles. The SMILES string of the molecule is COC(C(C)=O)c1cc(Br)ccc1F. The van der Waals surface area contributed by atoms with Gasteiger partial charge >= 0.3 is 0 Å². The zero-order valence-corrected chi connectivity index (χ0v) is 9.47. The summed E-state index contributed by atoms with van der Waals surface area (Å²) in [6, 6.07) is 4.42. The Morgan fingerprint density at radius 2 is 2.21 bits per heavy atom. The predicted octanol–water partition coefficient (Wildman–Crippen LogP) is 2.86. The first-order valence-corrected chi connectivity index (χ1v) is 4.83. The van der Waals surface area contributed by atoms with Gasteiger partial charge in [0.25, 0.3) is 0 Å². The second-order valence-corrected chi connectivity index (χ2v) is 3.81. The van der Waals surface area contributed by atoms with E-state index in [0.717, 1.165) is 4.47 Å². The molecule has 0 fully saturated rings. The van der Waals surface area contributed by atoms with Gasteiger partial charge in [-0.1, -0.05) is 15.9 Å². The highest BCUT2D eigenvalue weighted by Gasteiger charge is 2.19. The molecule has 14 heavy (non-hydrogen) atoms. The molecule has 1 unspecified atom stereocenters. The van der Waals surface area contributed by atoms with E-state index in [1.54, 1.807) is 12.1 Å². The van der Waals surface area contributed by atoms with Crippen LogP contribution in [0.3, 0.4) is 0 Å². The number of carbonyl (C=O) groups excluding carboxylic acids is 1. The van der Waals surface area contributed by atoms with Crippen molar-refractivity contribution in [3.63, 3.8) is 0 Å². The van der Waals surface area contributed by atoms with Crippen molar-refractivity contribution in [2.45, 2.75) is 13.0 Å². The molecule has 0 heterocycles. The molecule has 1 aromatic rings. The summed E-state index contributed by atoms with van der Waals surface area (Å²) < 4.78 is 19.0. The van der Waals surface area contributed by atoms with Crippen LogP contribution in [0.5, 0.6) is 0 Å². The molecule has 1 rings (SSSR count). The van der Waals surface area contributed by atoms with Gasteiger partial charge in [-0.2, -0.15) is 0 Å². The standard InChI is InChI=1S/C10H10BrFO2/c1-6(13)10(14-2)8-5-7(11)3-4-9(8)12/h3-5,10H,1-2H3. The van der Waals surface area contributed by atoms with Crippen molar-refractivity contribution >= 4 is 21.7 Å². The number of carbonyl (C=O) groups is 1. The van der Waals surface area contributed by atoms with Gasteiger partial charge in [0.15, 0.2) is 5.78 Å². The molecule has 1 aromatic carbocycles. The van der Waals surface area contributed by atoms with Gasteiger partial charge in [-0.15, -0.1) is 0 Å². The van der Waals surface area contributed by atoms with Crippen molar-refractivity contribution < 1.29 is 13.9 Å². The average molecular weight is 261 g/mol. The molecule has 0 aliphatic heterocycles. The molecule has 0 saturated heterocycles. The summed E-state index contributed by atoms with van der Waals surface area (Å²) in [7, 11) is 1.38. The van der Waals surface area contributed by atoms with E-state index in [4.69, 9.17) is 4.74 Å². The number of ether oxygens (including phenoxy) is 1. The zero-order chi connectivity index (χ0) is 10.7. The number of halogens is 2. The zero-order valence-electron chi connectivity index (χ0n) is 7.88. The molecule has 0 aliphatic rings. The number of methoxy groups -OCH3 is 1. The molecule has 2 nitrogen and oxygen atoms in total. The number of benzene rings is 1. The highest BCUT2D eigenvalue weighted by molar-refractivity contribution is 9.10. The van der Waals surface area contributed by atoms with Gasteiger partial charge in [0.05, 0.1) is 0 Å². The number of ketones is 1. The van der Waals surface area contributed by atoms with Gasteiger partial charge in [-0.25, -0.2) is 4.39 Å². The maximum Gasteiger partial charge on any atom is 0.163 e. The third kappa shape index (κ3) is 2.39. The minimum absolute atomic E-state index is 0.218. The summed E-state index contributed by atoms with van der Waals surface area (Å²) in [6.07, 6.45) is -0.826. The smallest absolute Gasteiger partial charge is 0.163 e. The predicted molar refractivity (Wildman–Crippen MR) is 54.5 cm³/mol. The van der Waals surface area contributed by atoms with Crippen molar-refractivity contribution in [2.24, 2.45) is 0 Å². The largest absolute Gasteiger partial charge is 0.369 e. The van der Waals surface area contributed by atoms with E-state index in [2.05, 4.69) is 15.9 Å². The molecule has 0 spiro atoms. The van der Waals surface area contributed by atoms with Crippen molar-refractivity contribution in [2.75, 3.05) is 7.11 Å². The summed E-state index contributed by atoms with van der Waals surface area (Å²) in [5.41, 5.74) is 0.259. The van der Waals surface area contributed by atoms with Crippen LogP contribution in [0.2, 0.25) is 0 Å². The maximum absolute atomic E-state index is 13.3. The van der Waals surface area contributed by atoms with Crippen molar-refractivity contribution in [1.82, 2.24) is 0 Å². The number of hydrogen-bond acceptors (Lipinski definition) is 2. The quantitative estimate of drug-likeness (QED) is 0.836. The van der Waals surface area contributed by atoms with Gasteiger partial charge in [0.2, 0.25) is 0 Å². The van der Waals surface area contributed by atoms with Crippen molar-refractivity contribution in [3.8, 4) is 0 Å². The normalized spacial score (nSPS) is 12.6. The number of Topliss-reactive ketones (excluding diaryl/α,β-unsaturated/α-hetero) is 1. The van der Waals surface area contributed by atoms with Crippen LogP contribution in [0.15, 0.2) is 22.7 Å². The lowest BCUT2D eigenvalue weighted by Crippen LogP contribution is -2.12. The van der Waals surface area contributed by atoms with Crippen molar-refractivity contribution in [1.29, 1.82) is 0 Å². The lowest BCUT2D eigenvalue weighted by molar-refractivity contribution is -0.127. The van der Waals surface area contributed by atoms with Crippen LogP contribution in [-0.2, 0) is 9.53 Å². The minimum atomic E-state index is -0.826. The van der Waals surface area contributed by atoms with Crippen molar-refractivity contribution in [3.05, 3.63) is 34.1 Å². The van der Waals surface area contributed by atoms with Crippen LogP contribution in [0.25, 0.3) is 0 Å². The van der Waals surface area contributed by atoms with E-state index in [-0.39, 0.29) is 11.3 Å². The second kappa shape index (κ2) is 4.66. The first kappa shape index (κ1) is 11.3. The van der Waals surface area contributed by atoms with Gasteiger partial charge in [-0.05, 0) is 25.1 Å². The summed E-state index contributed by atoms with van der Waals surface area (Å²) in [5, 5.41) is 0.